The van der Waals surface area contributed by atoms with E-state index in [-0.39, 0.29) is 30.5 Å². The highest BCUT2D eigenvalue weighted by Crippen LogP contribution is 2.37. The van der Waals surface area contributed by atoms with E-state index in [1.807, 2.05) is 0 Å². The van der Waals surface area contributed by atoms with Crippen LogP contribution < -0.4 is 5.32 Å². The minimum absolute atomic E-state index is 0.00419. The first-order valence-corrected chi connectivity index (χ1v) is 7.04. The molecule has 5 nitrogen and oxygen atoms in total. The Kier molecular flexibility index (Phi) is 3.42. The van der Waals surface area contributed by atoms with Gasteiger partial charge in [-0.25, -0.2) is 0 Å². The third-order valence-corrected chi connectivity index (χ3v) is 4.26. The molecule has 0 saturated carbocycles. The summed E-state index contributed by atoms with van der Waals surface area (Å²) in [6, 6.07) is 1.39. The van der Waals surface area contributed by atoms with E-state index < -0.39 is 35.5 Å². The molecular weight excluding hydrogens is 313 g/mol. The zero-order valence-electron chi connectivity index (χ0n) is 12.2. The van der Waals surface area contributed by atoms with Gasteiger partial charge in [-0.05, 0) is 30.5 Å². The first-order chi connectivity index (χ1) is 10.7. The summed E-state index contributed by atoms with van der Waals surface area (Å²) in [5, 5.41) is 2.15. The lowest BCUT2D eigenvalue weighted by Crippen LogP contribution is -2.52. The van der Waals surface area contributed by atoms with E-state index in [0.717, 1.165) is 6.07 Å². The van der Waals surface area contributed by atoms with Crippen molar-refractivity contribution in [2.45, 2.75) is 38.5 Å². The summed E-state index contributed by atoms with van der Waals surface area (Å²) in [4.78, 5) is 36.8. The minimum Gasteiger partial charge on any atom is -0.322 e. The molecule has 1 N–H and O–H groups in total. The van der Waals surface area contributed by atoms with E-state index in [0.29, 0.717) is 5.56 Å². The number of rotatable bonds is 1. The molecular formula is C15H13F3N2O3. The summed E-state index contributed by atoms with van der Waals surface area (Å²) in [6.45, 7) is 1.33. The Morgan fingerprint density at radius 1 is 1.22 bits per heavy atom. The van der Waals surface area contributed by atoms with Gasteiger partial charge in [0.05, 0.1) is 5.56 Å². The third kappa shape index (κ3) is 2.47. The molecule has 1 fully saturated rings. The number of imide groups is 1. The number of halogens is 3. The molecule has 3 amide bonds. The lowest BCUT2D eigenvalue weighted by Gasteiger charge is -2.29. The maximum Gasteiger partial charge on any atom is 0.416 e. The van der Waals surface area contributed by atoms with E-state index in [2.05, 4.69) is 5.32 Å². The number of hydrogen-bond donors (Lipinski definition) is 1. The molecule has 1 aromatic rings. The second-order valence-electron chi connectivity index (χ2n) is 5.67. The van der Waals surface area contributed by atoms with Crippen LogP contribution in [0.1, 0.15) is 39.9 Å². The number of nitrogens with zero attached hydrogens (tertiary/aromatic N) is 1. The average molecular weight is 326 g/mol. The van der Waals surface area contributed by atoms with Crippen LogP contribution in [0.15, 0.2) is 12.1 Å². The van der Waals surface area contributed by atoms with Crippen molar-refractivity contribution in [2.24, 2.45) is 0 Å². The van der Waals surface area contributed by atoms with Crippen LogP contribution in [0.2, 0.25) is 0 Å². The van der Waals surface area contributed by atoms with Crippen LogP contribution in [0.5, 0.6) is 0 Å². The van der Waals surface area contributed by atoms with Gasteiger partial charge in [0.2, 0.25) is 11.8 Å². The van der Waals surface area contributed by atoms with Crippen LogP contribution in [0.25, 0.3) is 0 Å². The van der Waals surface area contributed by atoms with Crippen LogP contribution in [0, 0.1) is 6.92 Å². The Morgan fingerprint density at radius 3 is 2.52 bits per heavy atom. The van der Waals surface area contributed by atoms with Crippen LogP contribution in [0.3, 0.4) is 0 Å². The summed E-state index contributed by atoms with van der Waals surface area (Å²) in [7, 11) is 0. The second kappa shape index (κ2) is 5.07. The molecule has 23 heavy (non-hydrogen) atoms. The predicted molar refractivity (Wildman–Crippen MR) is 72.2 cm³/mol. The molecule has 0 bridgehead atoms. The smallest absolute Gasteiger partial charge is 0.322 e. The van der Waals surface area contributed by atoms with Gasteiger partial charge < -0.3 is 4.90 Å². The van der Waals surface area contributed by atoms with E-state index in [9.17, 15) is 27.6 Å². The molecule has 1 saturated heterocycles. The highest BCUT2D eigenvalue weighted by Gasteiger charge is 2.42. The largest absolute Gasteiger partial charge is 0.416 e. The van der Waals surface area contributed by atoms with Crippen molar-refractivity contribution >= 4 is 17.7 Å². The van der Waals surface area contributed by atoms with Crippen LogP contribution >= 0.6 is 0 Å². The monoisotopic (exact) mass is 326 g/mol. The van der Waals surface area contributed by atoms with Gasteiger partial charge in [-0.15, -0.1) is 0 Å². The molecule has 0 aliphatic carbocycles. The zero-order chi connectivity index (χ0) is 16.9. The van der Waals surface area contributed by atoms with Crippen molar-refractivity contribution in [3.05, 3.63) is 34.4 Å². The maximum atomic E-state index is 13.0. The maximum absolute atomic E-state index is 13.0. The number of carbonyl (C=O) groups is 3. The summed E-state index contributed by atoms with van der Waals surface area (Å²) >= 11 is 0. The first kappa shape index (κ1) is 15.5. The second-order valence-corrected chi connectivity index (χ2v) is 5.67. The minimum atomic E-state index is -4.54. The van der Waals surface area contributed by atoms with E-state index in [1.54, 1.807) is 0 Å². The highest BCUT2D eigenvalue weighted by atomic mass is 19.4. The number of hydrogen-bond acceptors (Lipinski definition) is 3. The molecule has 8 heteroatoms. The fraction of sp³-hybridized carbons (Fsp3) is 0.400. The van der Waals surface area contributed by atoms with Crippen molar-refractivity contribution in [1.82, 2.24) is 10.2 Å². The average Bonchev–Trinajstić information content (AvgIpc) is 2.76. The summed E-state index contributed by atoms with van der Waals surface area (Å²) in [6.07, 6.45) is -4.26. The van der Waals surface area contributed by atoms with Crippen molar-refractivity contribution in [3.8, 4) is 0 Å². The molecule has 1 atom stereocenters. The van der Waals surface area contributed by atoms with Crippen molar-refractivity contribution < 1.29 is 27.6 Å². The Bertz CT molecular complexity index is 727. The van der Waals surface area contributed by atoms with Gasteiger partial charge in [-0.1, -0.05) is 6.07 Å². The molecule has 0 aromatic heterocycles. The highest BCUT2D eigenvalue weighted by molar-refractivity contribution is 6.06. The molecule has 0 radical (unpaired) electrons. The van der Waals surface area contributed by atoms with Gasteiger partial charge in [0.15, 0.2) is 0 Å². The van der Waals surface area contributed by atoms with Gasteiger partial charge in [-0.2, -0.15) is 13.2 Å². The molecule has 2 aliphatic rings. The number of fused-ring (bicyclic) bond motifs is 1. The summed E-state index contributed by atoms with van der Waals surface area (Å²) < 4.78 is 38.9. The molecule has 3 rings (SSSR count). The Morgan fingerprint density at radius 2 is 1.91 bits per heavy atom. The quantitative estimate of drug-likeness (QED) is 0.800. The third-order valence-electron chi connectivity index (χ3n) is 4.26. The fourth-order valence-corrected chi connectivity index (χ4v) is 3.13. The lowest BCUT2D eigenvalue weighted by atomic mass is 9.98. The Labute approximate surface area is 129 Å². The van der Waals surface area contributed by atoms with Gasteiger partial charge >= 0.3 is 6.18 Å². The number of alkyl halides is 3. The van der Waals surface area contributed by atoms with Crippen LogP contribution in [-0.4, -0.2) is 28.7 Å². The van der Waals surface area contributed by atoms with Crippen molar-refractivity contribution in [2.75, 3.05) is 0 Å². The van der Waals surface area contributed by atoms with Gasteiger partial charge in [-0.3, -0.25) is 19.7 Å². The van der Waals surface area contributed by atoms with Crippen LogP contribution in [0.4, 0.5) is 13.2 Å². The van der Waals surface area contributed by atoms with Crippen LogP contribution in [-0.2, 0) is 22.3 Å². The standard InChI is InChI=1S/C15H13F3N2O3/c1-7-9(15(16,17)18)3-2-8-6-20(14(23)12(7)8)10-4-5-11(21)19-13(10)22/h2-3,10H,4-6H2,1H3,(H,19,21,22). The van der Waals surface area contributed by atoms with Gasteiger partial charge in [0, 0.05) is 18.5 Å². The Balaban J connectivity index is 1.95. The number of benzene rings is 1. The number of amides is 3. The van der Waals surface area contributed by atoms with Gasteiger partial charge in [0.1, 0.15) is 6.04 Å². The fourth-order valence-electron chi connectivity index (χ4n) is 3.13. The predicted octanol–water partition coefficient (Wildman–Crippen LogP) is 1.77. The first-order valence-electron chi connectivity index (χ1n) is 7.04. The van der Waals surface area contributed by atoms with E-state index in [1.165, 1.54) is 17.9 Å². The Hall–Kier alpha value is -2.38. The molecule has 122 valence electrons. The molecule has 0 spiro atoms. The normalized spacial score (nSPS) is 21.5. The van der Waals surface area contributed by atoms with Crippen molar-refractivity contribution in [1.29, 1.82) is 0 Å². The topological polar surface area (TPSA) is 66.5 Å². The van der Waals surface area contributed by atoms with Crippen molar-refractivity contribution in [3.63, 3.8) is 0 Å². The van der Waals surface area contributed by atoms with Gasteiger partial charge in [0.25, 0.3) is 5.91 Å². The summed E-state index contributed by atoms with van der Waals surface area (Å²) in [5.74, 6) is -1.60. The van der Waals surface area contributed by atoms with E-state index in [4.69, 9.17) is 0 Å². The molecule has 2 heterocycles. The molecule has 1 unspecified atom stereocenters. The van der Waals surface area contributed by atoms with E-state index >= 15 is 0 Å². The lowest BCUT2D eigenvalue weighted by molar-refractivity contribution is -0.138. The summed E-state index contributed by atoms with van der Waals surface area (Å²) in [5.41, 5.74) is -0.515. The number of nitrogens with one attached hydrogen (secondary N) is 1. The number of piperidine rings is 1. The molecule has 2 aliphatic heterocycles. The molecule has 1 aromatic carbocycles. The SMILES string of the molecule is Cc1c(C(F)(F)F)ccc2c1C(=O)N(C1CCC(=O)NC1=O)C2. The zero-order valence-corrected chi connectivity index (χ0v) is 12.2. The number of carbonyl (C=O) groups excluding carboxylic acids is 3.